The van der Waals surface area contributed by atoms with E-state index in [1.807, 2.05) is 6.07 Å². The first-order valence-corrected chi connectivity index (χ1v) is 7.32. The molecule has 0 radical (unpaired) electrons. The number of hydrogen-bond donors (Lipinski definition) is 1. The molecule has 24 heavy (non-hydrogen) atoms. The molecular formula is C17H13FN4O2. The molecule has 0 saturated carbocycles. The Morgan fingerprint density at radius 2 is 2.08 bits per heavy atom. The molecule has 2 aromatic carbocycles. The van der Waals surface area contributed by atoms with Crippen molar-refractivity contribution < 1.29 is 13.9 Å². The lowest BCUT2D eigenvalue weighted by molar-refractivity contribution is -0.120. The van der Waals surface area contributed by atoms with Crippen LogP contribution in [0.4, 0.5) is 21.6 Å². The number of amides is 1. The number of rotatable bonds is 2. The maximum absolute atomic E-state index is 13.5. The van der Waals surface area contributed by atoms with Gasteiger partial charge in [-0.15, -0.1) is 0 Å². The SMILES string of the molecule is CN1C(=O)COc2ccc(Nc3ncnc4ccc(F)cc34)cc21. The molecular weight excluding hydrogens is 311 g/mol. The molecule has 0 fully saturated rings. The van der Waals surface area contributed by atoms with E-state index in [1.165, 1.54) is 18.5 Å². The summed E-state index contributed by atoms with van der Waals surface area (Å²) < 4.78 is 18.9. The fourth-order valence-corrected chi connectivity index (χ4v) is 2.62. The number of benzene rings is 2. The van der Waals surface area contributed by atoms with E-state index < -0.39 is 0 Å². The normalized spacial score (nSPS) is 13.6. The van der Waals surface area contributed by atoms with E-state index >= 15 is 0 Å². The Labute approximate surface area is 136 Å². The average molecular weight is 324 g/mol. The van der Waals surface area contributed by atoms with Crippen LogP contribution in [-0.2, 0) is 4.79 Å². The van der Waals surface area contributed by atoms with Gasteiger partial charge in [-0.05, 0) is 36.4 Å². The topological polar surface area (TPSA) is 67.3 Å². The number of nitrogens with zero attached hydrogens (tertiary/aromatic N) is 3. The van der Waals surface area contributed by atoms with E-state index in [0.29, 0.717) is 33.8 Å². The molecule has 6 nitrogen and oxygen atoms in total. The number of likely N-dealkylation sites (N-methyl/N-ethyl adjacent to an activating group) is 1. The molecule has 1 amide bonds. The number of fused-ring (bicyclic) bond motifs is 2. The van der Waals surface area contributed by atoms with Gasteiger partial charge in [-0.25, -0.2) is 14.4 Å². The van der Waals surface area contributed by atoms with E-state index in [4.69, 9.17) is 4.74 Å². The molecule has 4 rings (SSSR count). The lowest BCUT2D eigenvalue weighted by Gasteiger charge is -2.26. The summed E-state index contributed by atoms with van der Waals surface area (Å²) in [5.41, 5.74) is 2.02. The van der Waals surface area contributed by atoms with E-state index in [-0.39, 0.29) is 18.3 Å². The van der Waals surface area contributed by atoms with Crippen molar-refractivity contribution in [1.29, 1.82) is 0 Å². The third kappa shape index (κ3) is 2.40. The number of anilines is 3. The Morgan fingerprint density at radius 3 is 2.96 bits per heavy atom. The van der Waals surface area contributed by atoms with Gasteiger partial charge in [-0.2, -0.15) is 0 Å². The van der Waals surface area contributed by atoms with Gasteiger partial charge in [-0.1, -0.05) is 0 Å². The fraction of sp³-hybridized carbons (Fsp3) is 0.118. The zero-order valence-electron chi connectivity index (χ0n) is 12.8. The molecule has 120 valence electrons. The van der Waals surface area contributed by atoms with Crippen LogP contribution in [0, 0.1) is 5.82 Å². The fourth-order valence-electron chi connectivity index (χ4n) is 2.62. The van der Waals surface area contributed by atoms with Crippen LogP contribution >= 0.6 is 0 Å². The van der Waals surface area contributed by atoms with Gasteiger partial charge in [-0.3, -0.25) is 4.79 Å². The second-order valence-corrected chi connectivity index (χ2v) is 5.43. The van der Waals surface area contributed by atoms with Crippen LogP contribution in [-0.4, -0.2) is 29.5 Å². The summed E-state index contributed by atoms with van der Waals surface area (Å²) in [6.45, 7) is 0.0338. The van der Waals surface area contributed by atoms with Crippen molar-refractivity contribution in [2.24, 2.45) is 0 Å². The van der Waals surface area contributed by atoms with Crippen LogP contribution in [0.3, 0.4) is 0 Å². The minimum Gasteiger partial charge on any atom is -0.482 e. The summed E-state index contributed by atoms with van der Waals surface area (Å²) in [5.74, 6) is 0.658. The monoisotopic (exact) mass is 324 g/mol. The number of hydrogen-bond acceptors (Lipinski definition) is 5. The Bertz CT molecular complexity index is 960. The maximum Gasteiger partial charge on any atom is 0.264 e. The van der Waals surface area contributed by atoms with Crippen molar-refractivity contribution in [3.05, 3.63) is 48.5 Å². The molecule has 1 aliphatic heterocycles. The lowest BCUT2D eigenvalue weighted by atomic mass is 10.2. The second kappa shape index (κ2) is 5.45. The Balaban J connectivity index is 1.74. The van der Waals surface area contributed by atoms with Crippen LogP contribution in [0.15, 0.2) is 42.7 Å². The average Bonchev–Trinajstić information content (AvgIpc) is 2.59. The molecule has 2 heterocycles. The molecule has 0 bridgehead atoms. The third-order valence-electron chi connectivity index (χ3n) is 3.91. The minimum absolute atomic E-state index is 0.0338. The quantitative estimate of drug-likeness (QED) is 0.785. The number of ether oxygens (including phenoxy) is 1. The van der Waals surface area contributed by atoms with Gasteiger partial charge >= 0.3 is 0 Å². The molecule has 7 heteroatoms. The Hall–Kier alpha value is -3.22. The molecule has 0 spiro atoms. The van der Waals surface area contributed by atoms with Gasteiger partial charge in [0, 0.05) is 18.1 Å². The van der Waals surface area contributed by atoms with Crippen LogP contribution < -0.4 is 15.0 Å². The highest BCUT2D eigenvalue weighted by Crippen LogP contribution is 2.35. The first kappa shape index (κ1) is 14.4. The summed E-state index contributed by atoms with van der Waals surface area (Å²) in [7, 11) is 1.70. The van der Waals surface area contributed by atoms with E-state index in [1.54, 1.807) is 30.1 Å². The summed E-state index contributed by atoms with van der Waals surface area (Å²) in [6.07, 6.45) is 1.42. The van der Waals surface area contributed by atoms with E-state index in [9.17, 15) is 9.18 Å². The summed E-state index contributed by atoms with van der Waals surface area (Å²) in [5, 5.41) is 3.73. The zero-order chi connectivity index (χ0) is 16.7. The largest absolute Gasteiger partial charge is 0.482 e. The van der Waals surface area contributed by atoms with Gasteiger partial charge in [0.05, 0.1) is 11.2 Å². The summed E-state index contributed by atoms with van der Waals surface area (Å²) in [4.78, 5) is 21.6. The van der Waals surface area contributed by atoms with Crippen LogP contribution in [0.1, 0.15) is 0 Å². The van der Waals surface area contributed by atoms with Gasteiger partial charge in [0.2, 0.25) is 0 Å². The predicted molar refractivity (Wildman–Crippen MR) is 88.1 cm³/mol. The molecule has 1 aliphatic rings. The van der Waals surface area contributed by atoms with Crippen molar-refractivity contribution >= 4 is 34.0 Å². The van der Waals surface area contributed by atoms with E-state index in [0.717, 1.165) is 0 Å². The van der Waals surface area contributed by atoms with Crippen LogP contribution in [0.5, 0.6) is 5.75 Å². The first-order valence-electron chi connectivity index (χ1n) is 7.32. The van der Waals surface area contributed by atoms with Gasteiger partial charge < -0.3 is 15.0 Å². The van der Waals surface area contributed by atoms with Crippen molar-refractivity contribution in [2.45, 2.75) is 0 Å². The third-order valence-corrected chi connectivity index (χ3v) is 3.91. The van der Waals surface area contributed by atoms with Crippen LogP contribution in [0.2, 0.25) is 0 Å². The van der Waals surface area contributed by atoms with Crippen molar-refractivity contribution in [3.63, 3.8) is 0 Å². The molecule has 1 aromatic heterocycles. The summed E-state index contributed by atoms with van der Waals surface area (Å²) in [6, 6.07) is 9.73. The van der Waals surface area contributed by atoms with Gasteiger partial charge in [0.1, 0.15) is 23.7 Å². The molecule has 0 atom stereocenters. The van der Waals surface area contributed by atoms with Gasteiger partial charge in [0.15, 0.2) is 6.61 Å². The number of aromatic nitrogens is 2. The Morgan fingerprint density at radius 1 is 1.21 bits per heavy atom. The maximum atomic E-state index is 13.5. The van der Waals surface area contributed by atoms with Crippen molar-refractivity contribution in [2.75, 3.05) is 23.9 Å². The number of nitrogens with one attached hydrogen (secondary N) is 1. The molecule has 1 N–H and O–H groups in total. The standard InChI is InChI=1S/C17H13FN4O2/c1-22-14-7-11(3-5-15(14)24-8-16(22)23)21-17-12-6-10(18)2-4-13(12)19-9-20-17/h2-7,9H,8H2,1H3,(H,19,20,21). The smallest absolute Gasteiger partial charge is 0.264 e. The number of carbonyl (C=O) groups is 1. The second-order valence-electron chi connectivity index (χ2n) is 5.43. The summed E-state index contributed by atoms with van der Waals surface area (Å²) >= 11 is 0. The zero-order valence-corrected chi connectivity index (χ0v) is 12.8. The highest BCUT2D eigenvalue weighted by Gasteiger charge is 2.22. The van der Waals surface area contributed by atoms with Crippen LogP contribution in [0.25, 0.3) is 10.9 Å². The molecule has 3 aromatic rings. The highest BCUT2D eigenvalue weighted by molar-refractivity contribution is 5.98. The number of carbonyl (C=O) groups excluding carboxylic acids is 1. The number of halogens is 1. The molecule has 0 saturated heterocycles. The van der Waals surface area contributed by atoms with Crippen molar-refractivity contribution in [3.8, 4) is 5.75 Å². The molecule has 0 unspecified atom stereocenters. The minimum atomic E-state index is -0.357. The highest BCUT2D eigenvalue weighted by atomic mass is 19.1. The first-order chi connectivity index (χ1) is 11.6. The lowest BCUT2D eigenvalue weighted by Crippen LogP contribution is -2.35. The molecule has 0 aliphatic carbocycles. The predicted octanol–water partition coefficient (Wildman–Crippen LogP) is 2.87. The van der Waals surface area contributed by atoms with Gasteiger partial charge in [0.25, 0.3) is 5.91 Å². The van der Waals surface area contributed by atoms with E-state index in [2.05, 4.69) is 15.3 Å². The van der Waals surface area contributed by atoms with Crippen molar-refractivity contribution in [1.82, 2.24) is 9.97 Å². The Kier molecular flexibility index (Phi) is 3.26.